The zero-order chi connectivity index (χ0) is 30.1. The standard InChI is InChI=1S/C37H19F4N3/c38-26-14-9-15-27(39)32(26)33-34(40)36(43-28-16-5-1-10-21(28)22-11-2-6-17-29(22)43)25(20-42)37(35(33)41)44-30-18-7-3-12-23(30)24-13-4-8-19-31(24)44/h1-19H. The summed E-state index contributed by atoms with van der Waals surface area (Å²) >= 11 is 0. The largest absolute Gasteiger partial charge is 0.305 e. The molecular weight excluding hydrogens is 562 g/mol. The molecule has 0 saturated carbocycles. The molecule has 0 bridgehead atoms. The quantitative estimate of drug-likeness (QED) is 0.191. The van der Waals surface area contributed by atoms with E-state index >= 15 is 17.6 Å². The van der Waals surface area contributed by atoms with Crippen LogP contribution in [0.15, 0.2) is 115 Å². The van der Waals surface area contributed by atoms with Gasteiger partial charge in [-0.3, -0.25) is 0 Å². The summed E-state index contributed by atoms with van der Waals surface area (Å²) in [6.45, 7) is 0. The summed E-state index contributed by atoms with van der Waals surface area (Å²) in [5.41, 5.74) is -0.496. The van der Waals surface area contributed by atoms with Crippen molar-refractivity contribution in [2.75, 3.05) is 0 Å². The minimum Gasteiger partial charge on any atom is -0.305 e. The first-order chi connectivity index (χ1) is 21.5. The molecule has 0 fully saturated rings. The summed E-state index contributed by atoms with van der Waals surface area (Å²) in [4.78, 5) is 0. The van der Waals surface area contributed by atoms with Gasteiger partial charge in [-0.25, -0.2) is 17.6 Å². The van der Waals surface area contributed by atoms with Gasteiger partial charge in [0, 0.05) is 21.5 Å². The van der Waals surface area contributed by atoms with Crippen LogP contribution in [0.1, 0.15) is 5.56 Å². The fraction of sp³-hybridized carbons (Fsp3) is 0. The van der Waals surface area contributed by atoms with Gasteiger partial charge < -0.3 is 9.13 Å². The third-order valence-corrected chi connectivity index (χ3v) is 8.26. The number of nitriles is 1. The monoisotopic (exact) mass is 581 g/mol. The second-order valence-electron chi connectivity index (χ2n) is 10.5. The Labute approximate surface area is 248 Å². The van der Waals surface area contributed by atoms with Gasteiger partial charge in [-0.2, -0.15) is 5.26 Å². The van der Waals surface area contributed by atoms with Crippen LogP contribution < -0.4 is 0 Å². The van der Waals surface area contributed by atoms with Crippen LogP contribution in [0.25, 0.3) is 66.1 Å². The molecule has 0 atom stereocenters. The molecule has 0 amide bonds. The van der Waals surface area contributed by atoms with E-state index in [1.165, 1.54) is 9.13 Å². The van der Waals surface area contributed by atoms with E-state index in [1.807, 2.05) is 48.5 Å². The van der Waals surface area contributed by atoms with Crippen LogP contribution in [0.3, 0.4) is 0 Å². The average molecular weight is 582 g/mol. The number of hydrogen-bond donors (Lipinski definition) is 0. The molecular formula is C37H19F4N3. The lowest BCUT2D eigenvalue weighted by Gasteiger charge is -2.21. The first-order valence-corrected chi connectivity index (χ1v) is 13.9. The lowest BCUT2D eigenvalue weighted by Crippen LogP contribution is -2.12. The predicted octanol–water partition coefficient (Wildman–Crippen LogP) is 9.98. The molecule has 0 aliphatic carbocycles. The zero-order valence-electron chi connectivity index (χ0n) is 22.8. The van der Waals surface area contributed by atoms with E-state index in [-0.39, 0.29) is 16.9 Å². The minimum absolute atomic E-state index is 0.305. The highest BCUT2D eigenvalue weighted by Crippen LogP contribution is 2.44. The smallest absolute Gasteiger partial charge is 0.159 e. The number of rotatable bonds is 3. The summed E-state index contributed by atoms with van der Waals surface area (Å²) in [7, 11) is 0. The van der Waals surface area contributed by atoms with Crippen molar-refractivity contribution in [3.63, 3.8) is 0 Å². The van der Waals surface area contributed by atoms with Crippen molar-refractivity contribution in [1.82, 2.24) is 9.13 Å². The van der Waals surface area contributed by atoms with Crippen LogP contribution in [0.5, 0.6) is 0 Å². The molecule has 6 aromatic carbocycles. The number of halogens is 4. The molecule has 0 unspecified atom stereocenters. The molecule has 2 aromatic heterocycles. The third-order valence-electron chi connectivity index (χ3n) is 8.26. The first-order valence-electron chi connectivity index (χ1n) is 13.9. The van der Waals surface area contributed by atoms with Gasteiger partial charge in [0.25, 0.3) is 0 Å². The molecule has 0 aliphatic heterocycles. The minimum atomic E-state index is -1.25. The summed E-state index contributed by atoms with van der Waals surface area (Å²) in [6.07, 6.45) is 0. The van der Waals surface area contributed by atoms with Gasteiger partial charge in [-0.05, 0) is 36.4 Å². The Morgan fingerprint density at radius 1 is 0.432 bits per heavy atom. The molecule has 0 radical (unpaired) electrons. The van der Waals surface area contributed by atoms with Gasteiger partial charge in [0.2, 0.25) is 0 Å². The van der Waals surface area contributed by atoms with Crippen molar-refractivity contribution in [3.05, 3.63) is 144 Å². The normalized spacial score (nSPS) is 11.6. The maximum absolute atomic E-state index is 17.1. The van der Waals surface area contributed by atoms with Gasteiger partial charge in [0.05, 0.1) is 33.2 Å². The van der Waals surface area contributed by atoms with Crippen molar-refractivity contribution in [1.29, 1.82) is 5.26 Å². The first kappa shape index (κ1) is 25.8. The second-order valence-corrected chi connectivity index (χ2v) is 10.5. The fourth-order valence-corrected chi connectivity index (χ4v) is 6.47. The topological polar surface area (TPSA) is 33.6 Å². The highest BCUT2D eigenvalue weighted by Gasteiger charge is 2.33. The molecule has 8 aromatic rings. The van der Waals surface area contributed by atoms with Gasteiger partial charge in [-0.15, -0.1) is 0 Å². The summed E-state index contributed by atoms with van der Waals surface area (Å²) in [6, 6.07) is 34.1. The molecule has 0 aliphatic rings. The van der Waals surface area contributed by atoms with E-state index in [0.29, 0.717) is 22.1 Å². The Bertz CT molecular complexity index is 2250. The molecule has 2 heterocycles. The number of hydrogen-bond acceptors (Lipinski definition) is 1. The Kier molecular flexibility index (Phi) is 5.62. The highest BCUT2D eigenvalue weighted by molar-refractivity contribution is 6.11. The SMILES string of the molecule is N#Cc1c(-n2c3ccccc3c3ccccc32)c(F)c(-c2c(F)cccc2F)c(F)c1-n1c2ccccc2c2ccccc21. The van der Waals surface area contributed by atoms with E-state index in [4.69, 9.17) is 0 Å². The van der Waals surface area contributed by atoms with Crippen molar-refractivity contribution in [2.24, 2.45) is 0 Å². The Morgan fingerprint density at radius 3 is 1.11 bits per heavy atom. The fourth-order valence-electron chi connectivity index (χ4n) is 6.47. The second kappa shape index (κ2) is 9.58. The maximum Gasteiger partial charge on any atom is 0.159 e. The Morgan fingerprint density at radius 2 is 0.773 bits per heavy atom. The lowest BCUT2D eigenvalue weighted by atomic mass is 9.97. The van der Waals surface area contributed by atoms with Gasteiger partial charge >= 0.3 is 0 Å². The van der Waals surface area contributed by atoms with Crippen LogP contribution in [0.4, 0.5) is 17.6 Å². The highest BCUT2D eigenvalue weighted by atomic mass is 19.1. The molecule has 3 nitrogen and oxygen atoms in total. The van der Waals surface area contributed by atoms with Gasteiger partial charge in [0.1, 0.15) is 34.6 Å². The van der Waals surface area contributed by atoms with Crippen molar-refractivity contribution < 1.29 is 17.6 Å². The Hall–Kier alpha value is -5.87. The average Bonchev–Trinajstić information content (AvgIpc) is 3.55. The van der Waals surface area contributed by atoms with E-state index < -0.39 is 34.4 Å². The van der Waals surface area contributed by atoms with Gasteiger partial charge in [-0.1, -0.05) is 78.9 Å². The third kappa shape index (κ3) is 3.42. The number of para-hydroxylation sites is 4. The number of benzene rings is 6. The van der Waals surface area contributed by atoms with E-state index in [0.717, 1.165) is 39.7 Å². The molecule has 44 heavy (non-hydrogen) atoms. The Balaban J connectivity index is 1.66. The van der Waals surface area contributed by atoms with Gasteiger partial charge in [0.15, 0.2) is 11.6 Å². The summed E-state index contributed by atoms with van der Waals surface area (Å²) in [5.74, 6) is -4.76. The number of aromatic nitrogens is 2. The molecule has 0 N–H and O–H groups in total. The molecule has 210 valence electrons. The zero-order valence-corrected chi connectivity index (χ0v) is 22.8. The van der Waals surface area contributed by atoms with Crippen molar-refractivity contribution in [3.8, 4) is 28.6 Å². The van der Waals surface area contributed by atoms with Crippen LogP contribution in [0, 0.1) is 34.6 Å². The van der Waals surface area contributed by atoms with Crippen LogP contribution in [-0.2, 0) is 0 Å². The predicted molar refractivity (Wildman–Crippen MR) is 165 cm³/mol. The summed E-state index contributed by atoms with van der Waals surface area (Å²) in [5, 5.41) is 13.8. The molecule has 0 saturated heterocycles. The molecule has 7 heteroatoms. The van der Waals surface area contributed by atoms with Crippen LogP contribution in [-0.4, -0.2) is 9.13 Å². The van der Waals surface area contributed by atoms with Crippen molar-refractivity contribution in [2.45, 2.75) is 0 Å². The summed E-state index contributed by atoms with van der Waals surface area (Å²) < 4.78 is 68.1. The van der Waals surface area contributed by atoms with Crippen molar-refractivity contribution >= 4 is 43.6 Å². The van der Waals surface area contributed by atoms with E-state index in [9.17, 15) is 5.26 Å². The molecule has 8 rings (SSSR count). The van der Waals surface area contributed by atoms with E-state index in [2.05, 4.69) is 6.07 Å². The number of nitrogens with zero attached hydrogens (tertiary/aromatic N) is 3. The maximum atomic E-state index is 17.1. The lowest BCUT2D eigenvalue weighted by molar-refractivity contribution is 0.559. The van der Waals surface area contributed by atoms with Crippen LogP contribution in [0.2, 0.25) is 0 Å². The van der Waals surface area contributed by atoms with E-state index in [1.54, 1.807) is 48.5 Å². The number of fused-ring (bicyclic) bond motifs is 6. The molecule has 0 spiro atoms. The van der Waals surface area contributed by atoms with Crippen LogP contribution >= 0.6 is 0 Å².